The number of hydrogen-bond acceptors (Lipinski definition) is 2. The molecule has 0 atom stereocenters. The summed E-state index contributed by atoms with van der Waals surface area (Å²) in [5.41, 5.74) is 0.786. The summed E-state index contributed by atoms with van der Waals surface area (Å²) < 4.78 is 1.05. The number of benzene rings is 1. The van der Waals surface area contributed by atoms with E-state index in [4.69, 9.17) is 0 Å². The number of carbonyl (C=O) groups is 1. The van der Waals surface area contributed by atoms with Crippen molar-refractivity contribution in [3.8, 4) is 0 Å². The van der Waals surface area contributed by atoms with Gasteiger partial charge in [0.25, 0.3) is 0 Å². The Morgan fingerprint density at radius 2 is 1.89 bits per heavy atom. The highest BCUT2D eigenvalue weighted by atomic mass is 79.9. The van der Waals surface area contributed by atoms with E-state index in [-0.39, 0.29) is 29.8 Å². The molecule has 2 N–H and O–H groups in total. The number of nitrogens with one attached hydrogen (secondary N) is 2. The first kappa shape index (κ1) is 15.5. The first-order chi connectivity index (χ1) is 7.99. The van der Waals surface area contributed by atoms with Gasteiger partial charge in [0.2, 0.25) is 5.91 Å². The Bertz CT molecular complexity index is 416. The first-order valence-electron chi connectivity index (χ1n) is 5.78. The molecule has 0 saturated carbocycles. The van der Waals surface area contributed by atoms with E-state index < -0.39 is 0 Å². The second-order valence-electron chi connectivity index (χ2n) is 4.98. The fourth-order valence-corrected chi connectivity index (χ4v) is 2.09. The molecule has 0 unspecified atom stereocenters. The van der Waals surface area contributed by atoms with Crippen molar-refractivity contribution in [2.45, 2.75) is 19.4 Å². The van der Waals surface area contributed by atoms with Gasteiger partial charge in [-0.3, -0.25) is 4.79 Å². The van der Waals surface area contributed by atoms with Gasteiger partial charge in [-0.05, 0) is 31.5 Å². The Kier molecular flexibility index (Phi) is 5.20. The number of halogens is 2. The largest absolute Gasteiger partial charge is 0.347 e. The molecular formula is C13H18BrClN2O. The lowest BCUT2D eigenvalue weighted by Gasteiger charge is -2.32. The van der Waals surface area contributed by atoms with Gasteiger partial charge in [-0.15, -0.1) is 12.4 Å². The van der Waals surface area contributed by atoms with Crippen LogP contribution in [0, 0.1) is 5.92 Å². The highest BCUT2D eigenvalue weighted by Crippen LogP contribution is 2.22. The summed E-state index contributed by atoms with van der Waals surface area (Å²) in [5.74, 6) is 0.265. The van der Waals surface area contributed by atoms with Gasteiger partial charge >= 0.3 is 0 Å². The van der Waals surface area contributed by atoms with Crippen LogP contribution in [0.4, 0.5) is 0 Å². The minimum absolute atomic E-state index is 0. The topological polar surface area (TPSA) is 41.1 Å². The van der Waals surface area contributed by atoms with Crippen molar-refractivity contribution in [3.63, 3.8) is 0 Å². The zero-order chi connectivity index (χ0) is 12.5. The van der Waals surface area contributed by atoms with E-state index in [0.29, 0.717) is 0 Å². The van der Waals surface area contributed by atoms with E-state index in [0.717, 1.165) is 23.1 Å². The van der Waals surface area contributed by atoms with Crippen LogP contribution in [-0.2, 0) is 10.3 Å². The molecule has 1 aromatic carbocycles. The number of amides is 1. The third kappa shape index (κ3) is 3.46. The zero-order valence-corrected chi connectivity index (χ0v) is 12.9. The van der Waals surface area contributed by atoms with E-state index >= 15 is 0 Å². The maximum atomic E-state index is 11.9. The van der Waals surface area contributed by atoms with Crippen LogP contribution in [0.15, 0.2) is 28.7 Å². The van der Waals surface area contributed by atoms with Crippen molar-refractivity contribution in [2.24, 2.45) is 5.92 Å². The minimum Gasteiger partial charge on any atom is -0.347 e. The monoisotopic (exact) mass is 332 g/mol. The van der Waals surface area contributed by atoms with Crippen LogP contribution >= 0.6 is 28.3 Å². The quantitative estimate of drug-likeness (QED) is 0.892. The summed E-state index contributed by atoms with van der Waals surface area (Å²) in [5, 5.41) is 6.21. The summed E-state index contributed by atoms with van der Waals surface area (Å²) >= 11 is 3.41. The van der Waals surface area contributed by atoms with Crippen LogP contribution in [0.3, 0.4) is 0 Å². The van der Waals surface area contributed by atoms with Crippen LogP contribution < -0.4 is 10.6 Å². The van der Waals surface area contributed by atoms with E-state index in [1.54, 1.807) is 0 Å². The van der Waals surface area contributed by atoms with Crippen LogP contribution in [0.5, 0.6) is 0 Å². The molecule has 5 heteroatoms. The zero-order valence-electron chi connectivity index (χ0n) is 10.5. The molecule has 100 valence electrons. The molecule has 1 aliphatic heterocycles. The van der Waals surface area contributed by atoms with E-state index in [1.165, 1.54) is 0 Å². The lowest BCUT2D eigenvalue weighted by molar-refractivity contribution is -0.128. The summed E-state index contributed by atoms with van der Waals surface area (Å²) in [7, 11) is 0. The van der Waals surface area contributed by atoms with Crippen LogP contribution in [0.2, 0.25) is 0 Å². The normalized spacial score (nSPS) is 15.5. The lowest BCUT2D eigenvalue weighted by atomic mass is 9.92. The van der Waals surface area contributed by atoms with Gasteiger partial charge in [-0.2, -0.15) is 0 Å². The van der Waals surface area contributed by atoms with Gasteiger partial charge in [0.1, 0.15) is 0 Å². The summed E-state index contributed by atoms with van der Waals surface area (Å²) in [4.78, 5) is 11.9. The Hall–Kier alpha value is -0.580. The SMILES string of the molecule is CC(C)(NC(=O)C1CNC1)c1ccc(Br)cc1.Cl. The Balaban J connectivity index is 0.00000162. The lowest BCUT2D eigenvalue weighted by Crippen LogP contribution is -2.54. The van der Waals surface area contributed by atoms with Gasteiger partial charge < -0.3 is 10.6 Å². The fourth-order valence-electron chi connectivity index (χ4n) is 1.82. The standard InChI is InChI=1S/C13H17BrN2O.ClH/c1-13(2,10-3-5-11(14)6-4-10)16-12(17)9-7-15-8-9;/h3-6,9,15H,7-8H2,1-2H3,(H,16,17);1H. The average molecular weight is 334 g/mol. The minimum atomic E-state index is -0.326. The molecule has 0 aliphatic carbocycles. The summed E-state index contributed by atoms with van der Waals surface area (Å²) in [6.45, 7) is 5.64. The highest BCUT2D eigenvalue weighted by molar-refractivity contribution is 9.10. The van der Waals surface area contributed by atoms with E-state index in [9.17, 15) is 4.79 Å². The van der Waals surface area contributed by atoms with Crippen molar-refractivity contribution in [3.05, 3.63) is 34.3 Å². The van der Waals surface area contributed by atoms with E-state index in [1.807, 2.05) is 38.1 Å². The molecule has 1 fully saturated rings. The van der Waals surface area contributed by atoms with Gasteiger partial charge in [-0.1, -0.05) is 28.1 Å². The third-order valence-electron chi connectivity index (χ3n) is 3.15. The predicted molar refractivity (Wildman–Crippen MR) is 78.9 cm³/mol. The van der Waals surface area contributed by atoms with Crippen molar-refractivity contribution in [1.82, 2.24) is 10.6 Å². The smallest absolute Gasteiger partial charge is 0.226 e. The van der Waals surface area contributed by atoms with Crippen LogP contribution in [0.25, 0.3) is 0 Å². The fraction of sp³-hybridized carbons (Fsp3) is 0.462. The molecule has 1 aromatic rings. The molecule has 3 nitrogen and oxygen atoms in total. The molecule has 1 saturated heterocycles. The molecule has 1 amide bonds. The number of rotatable bonds is 3. The van der Waals surface area contributed by atoms with Gasteiger partial charge in [-0.25, -0.2) is 0 Å². The van der Waals surface area contributed by atoms with E-state index in [2.05, 4.69) is 26.6 Å². The second-order valence-corrected chi connectivity index (χ2v) is 5.89. The molecule has 0 bridgehead atoms. The Morgan fingerprint density at radius 1 is 1.33 bits per heavy atom. The number of hydrogen-bond donors (Lipinski definition) is 2. The molecule has 0 spiro atoms. The van der Waals surface area contributed by atoms with Crippen LogP contribution in [-0.4, -0.2) is 19.0 Å². The first-order valence-corrected chi connectivity index (χ1v) is 6.57. The van der Waals surface area contributed by atoms with Gasteiger partial charge in [0.15, 0.2) is 0 Å². The molecular weight excluding hydrogens is 316 g/mol. The molecule has 1 aliphatic rings. The van der Waals surface area contributed by atoms with Crippen LogP contribution in [0.1, 0.15) is 19.4 Å². The van der Waals surface area contributed by atoms with Gasteiger partial charge in [0.05, 0.1) is 11.5 Å². The van der Waals surface area contributed by atoms with Gasteiger partial charge in [0, 0.05) is 17.6 Å². The molecule has 0 radical (unpaired) electrons. The molecule has 0 aromatic heterocycles. The summed E-state index contributed by atoms with van der Waals surface area (Å²) in [6, 6.07) is 8.05. The molecule has 2 rings (SSSR count). The van der Waals surface area contributed by atoms with Crippen molar-refractivity contribution in [2.75, 3.05) is 13.1 Å². The number of carbonyl (C=O) groups excluding carboxylic acids is 1. The maximum absolute atomic E-state index is 11.9. The van der Waals surface area contributed by atoms with Crippen molar-refractivity contribution in [1.29, 1.82) is 0 Å². The Morgan fingerprint density at radius 3 is 2.33 bits per heavy atom. The third-order valence-corrected chi connectivity index (χ3v) is 3.68. The maximum Gasteiger partial charge on any atom is 0.226 e. The van der Waals surface area contributed by atoms with Crippen molar-refractivity contribution < 1.29 is 4.79 Å². The second kappa shape index (κ2) is 6.04. The Labute approximate surface area is 122 Å². The summed E-state index contributed by atoms with van der Waals surface area (Å²) in [6.07, 6.45) is 0. The molecule has 18 heavy (non-hydrogen) atoms. The predicted octanol–water partition coefficient (Wildman–Crippen LogP) is 2.44. The molecule has 1 heterocycles. The average Bonchev–Trinajstić information content (AvgIpc) is 2.14. The highest BCUT2D eigenvalue weighted by Gasteiger charge is 2.30. The van der Waals surface area contributed by atoms with Crippen molar-refractivity contribution >= 4 is 34.2 Å².